The van der Waals surface area contributed by atoms with Crippen molar-refractivity contribution in [3.63, 3.8) is 0 Å². The van der Waals surface area contributed by atoms with Gasteiger partial charge in [0.1, 0.15) is 11.5 Å². The summed E-state index contributed by atoms with van der Waals surface area (Å²) >= 11 is 0. The lowest BCUT2D eigenvalue weighted by Crippen LogP contribution is -2.50. The second-order valence-electron chi connectivity index (χ2n) is 15.5. The van der Waals surface area contributed by atoms with Crippen LogP contribution in [0.1, 0.15) is 74.6 Å². The quantitative estimate of drug-likeness (QED) is 0.138. The van der Waals surface area contributed by atoms with Crippen molar-refractivity contribution >= 4 is 33.6 Å². The van der Waals surface area contributed by atoms with E-state index < -0.39 is 0 Å². The van der Waals surface area contributed by atoms with Gasteiger partial charge in [0.25, 0.3) is 11.8 Å². The molecule has 8 heteroatoms. The third kappa shape index (κ3) is 8.08. The number of fused-ring (bicyclic) bond motifs is 2. The zero-order chi connectivity index (χ0) is 37.9. The summed E-state index contributed by atoms with van der Waals surface area (Å²) in [6.07, 6.45) is 2.46. The molecular formula is C46H48N4O4. The molecule has 6 aromatic rings. The lowest BCUT2D eigenvalue weighted by molar-refractivity contribution is 0.0593. The molecule has 0 radical (unpaired) electrons. The van der Waals surface area contributed by atoms with Crippen LogP contribution in [-0.4, -0.2) is 47.6 Å². The highest BCUT2D eigenvalue weighted by molar-refractivity contribution is 6.08. The molecule has 1 saturated carbocycles. The molecule has 2 heterocycles. The fourth-order valence-corrected chi connectivity index (χ4v) is 8.32. The zero-order valence-electron chi connectivity index (χ0n) is 31.7. The SMILES string of the molecule is CCOc1ccc(-c2cc(C(=O)NC[C@@]3(C)C[C@@H](NC(=O)c4cc(-c5ccc(OCC)cc5)nc5ccccc45)CC(C)(C)C3)c3ccccc3n2)cc1. The standard InChI is InChI=1S/C46H48N4O4/c1-6-53-33-20-16-30(17-21-33)41-24-37(35-12-8-10-14-39(35)49-41)43(51)47-29-46(5)27-32(26-45(3,4)28-46)48-44(52)38-25-42(50-40-15-11-9-13-36(38)40)31-18-22-34(23-19-31)54-7-2/h8-25,32H,6-7,26-29H2,1-5H3,(H,47,51)(H,48,52)/t32-,46-/m0/s1. The van der Waals surface area contributed by atoms with Gasteiger partial charge < -0.3 is 20.1 Å². The largest absolute Gasteiger partial charge is 0.494 e. The number of nitrogens with zero attached hydrogens (tertiary/aromatic N) is 2. The Hall–Kier alpha value is -5.76. The number of rotatable bonds is 11. The van der Waals surface area contributed by atoms with E-state index in [0.29, 0.717) is 30.9 Å². The second-order valence-corrected chi connectivity index (χ2v) is 15.5. The van der Waals surface area contributed by atoms with Gasteiger partial charge in [-0.1, -0.05) is 57.2 Å². The van der Waals surface area contributed by atoms with E-state index in [1.54, 1.807) is 0 Å². The monoisotopic (exact) mass is 720 g/mol. The maximum absolute atomic E-state index is 14.2. The van der Waals surface area contributed by atoms with E-state index in [1.807, 2.05) is 123 Å². The van der Waals surface area contributed by atoms with Gasteiger partial charge in [-0.25, -0.2) is 9.97 Å². The molecule has 1 aliphatic carbocycles. The second kappa shape index (κ2) is 15.3. The van der Waals surface area contributed by atoms with Crippen LogP contribution in [0.25, 0.3) is 44.3 Å². The third-order valence-corrected chi connectivity index (χ3v) is 10.3. The van der Waals surface area contributed by atoms with Crippen molar-refractivity contribution < 1.29 is 19.1 Å². The van der Waals surface area contributed by atoms with Crippen LogP contribution in [0.3, 0.4) is 0 Å². The third-order valence-electron chi connectivity index (χ3n) is 10.3. The number of benzene rings is 4. The van der Waals surface area contributed by atoms with Gasteiger partial charge in [-0.15, -0.1) is 0 Å². The van der Waals surface area contributed by atoms with Crippen molar-refractivity contribution in [2.45, 2.75) is 59.9 Å². The molecule has 0 spiro atoms. The van der Waals surface area contributed by atoms with Gasteiger partial charge in [0, 0.05) is 34.5 Å². The fraction of sp³-hybridized carbons (Fsp3) is 0.304. The summed E-state index contributed by atoms with van der Waals surface area (Å²) < 4.78 is 11.3. The molecule has 1 aliphatic rings. The molecule has 276 valence electrons. The van der Waals surface area contributed by atoms with Gasteiger partial charge in [0.15, 0.2) is 0 Å². The van der Waals surface area contributed by atoms with Crippen molar-refractivity contribution in [2.24, 2.45) is 10.8 Å². The fourth-order valence-electron chi connectivity index (χ4n) is 8.32. The lowest BCUT2D eigenvalue weighted by Gasteiger charge is -2.47. The highest BCUT2D eigenvalue weighted by Gasteiger charge is 2.42. The first-order valence-corrected chi connectivity index (χ1v) is 18.9. The van der Waals surface area contributed by atoms with E-state index in [9.17, 15) is 9.59 Å². The van der Waals surface area contributed by atoms with E-state index in [-0.39, 0.29) is 28.7 Å². The summed E-state index contributed by atoms with van der Waals surface area (Å²) in [5.74, 6) is 1.32. The highest BCUT2D eigenvalue weighted by Crippen LogP contribution is 2.46. The number of amides is 2. The number of hydrogen-bond donors (Lipinski definition) is 2. The minimum absolute atomic E-state index is 0.0619. The molecule has 2 amide bonds. The maximum Gasteiger partial charge on any atom is 0.252 e. The van der Waals surface area contributed by atoms with Crippen LogP contribution in [-0.2, 0) is 0 Å². The minimum atomic E-state index is -0.260. The van der Waals surface area contributed by atoms with Crippen LogP contribution in [0.15, 0.2) is 109 Å². The van der Waals surface area contributed by atoms with Crippen LogP contribution in [0.4, 0.5) is 0 Å². The molecule has 4 aromatic carbocycles. The molecule has 1 fully saturated rings. The first kappa shape index (κ1) is 36.6. The Labute approximate surface area is 317 Å². The summed E-state index contributed by atoms with van der Waals surface area (Å²) in [6.45, 7) is 12.3. The summed E-state index contributed by atoms with van der Waals surface area (Å²) in [5.41, 5.74) is 5.65. The number of carbonyl (C=O) groups is 2. The van der Waals surface area contributed by atoms with Crippen LogP contribution < -0.4 is 20.1 Å². The first-order valence-electron chi connectivity index (χ1n) is 18.9. The number of pyridine rings is 2. The van der Waals surface area contributed by atoms with Crippen molar-refractivity contribution in [2.75, 3.05) is 19.8 Å². The Morgan fingerprint density at radius 3 is 1.65 bits per heavy atom. The molecular weight excluding hydrogens is 673 g/mol. The zero-order valence-corrected chi connectivity index (χ0v) is 31.7. The Kier molecular flexibility index (Phi) is 10.4. The predicted molar refractivity (Wildman–Crippen MR) is 216 cm³/mol. The lowest BCUT2D eigenvalue weighted by atomic mass is 9.62. The average Bonchev–Trinajstić information content (AvgIpc) is 3.16. The minimum Gasteiger partial charge on any atom is -0.494 e. The number of ether oxygens (including phenoxy) is 2. The van der Waals surface area contributed by atoms with Gasteiger partial charge >= 0.3 is 0 Å². The van der Waals surface area contributed by atoms with Gasteiger partial charge in [-0.05, 0) is 117 Å². The topological polar surface area (TPSA) is 102 Å². The Morgan fingerprint density at radius 2 is 1.15 bits per heavy atom. The smallest absolute Gasteiger partial charge is 0.252 e. The molecule has 7 rings (SSSR count). The number of hydrogen-bond acceptors (Lipinski definition) is 6. The van der Waals surface area contributed by atoms with Crippen molar-refractivity contribution in [3.8, 4) is 34.0 Å². The Morgan fingerprint density at radius 1 is 0.667 bits per heavy atom. The molecule has 0 unspecified atom stereocenters. The summed E-state index contributed by atoms with van der Waals surface area (Å²) in [4.78, 5) is 38.1. The molecule has 2 N–H and O–H groups in total. The predicted octanol–water partition coefficient (Wildman–Crippen LogP) is 9.66. The Balaban J connectivity index is 1.10. The van der Waals surface area contributed by atoms with E-state index in [0.717, 1.165) is 75.1 Å². The molecule has 0 aliphatic heterocycles. The van der Waals surface area contributed by atoms with Gasteiger partial charge in [-0.2, -0.15) is 0 Å². The van der Waals surface area contributed by atoms with E-state index in [4.69, 9.17) is 19.4 Å². The number of nitrogens with one attached hydrogen (secondary N) is 2. The van der Waals surface area contributed by atoms with Gasteiger partial charge in [0.2, 0.25) is 0 Å². The van der Waals surface area contributed by atoms with Crippen molar-refractivity contribution in [1.29, 1.82) is 0 Å². The van der Waals surface area contributed by atoms with Crippen LogP contribution in [0, 0.1) is 10.8 Å². The van der Waals surface area contributed by atoms with E-state index >= 15 is 0 Å². The highest BCUT2D eigenvalue weighted by atomic mass is 16.5. The van der Waals surface area contributed by atoms with E-state index in [2.05, 4.69) is 31.4 Å². The Bertz CT molecular complexity index is 2300. The van der Waals surface area contributed by atoms with Gasteiger partial charge in [-0.3, -0.25) is 9.59 Å². The van der Waals surface area contributed by atoms with Crippen LogP contribution in [0.5, 0.6) is 11.5 Å². The first-order chi connectivity index (χ1) is 26.0. The molecule has 0 saturated heterocycles. The number of aromatic nitrogens is 2. The maximum atomic E-state index is 14.2. The average molecular weight is 721 g/mol. The van der Waals surface area contributed by atoms with Crippen LogP contribution >= 0.6 is 0 Å². The normalized spacial score (nSPS) is 17.9. The molecule has 2 aromatic heterocycles. The molecule has 2 atom stereocenters. The molecule has 54 heavy (non-hydrogen) atoms. The van der Waals surface area contributed by atoms with Crippen molar-refractivity contribution in [1.82, 2.24) is 20.6 Å². The summed E-state index contributed by atoms with van der Waals surface area (Å²) in [6, 6.07) is 34.8. The van der Waals surface area contributed by atoms with Crippen molar-refractivity contribution in [3.05, 3.63) is 120 Å². The molecule has 8 nitrogen and oxygen atoms in total. The van der Waals surface area contributed by atoms with Crippen LogP contribution in [0.2, 0.25) is 0 Å². The summed E-state index contributed by atoms with van der Waals surface area (Å²) in [5, 5.41) is 8.31. The summed E-state index contributed by atoms with van der Waals surface area (Å²) in [7, 11) is 0. The number of para-hydroxylation sites is 2. The van der Waals surface area contributed by atoms with E-state index in [1.165, 1.54) is 0 Å². The molecule has 0 bridgehead atoms. The number of carbonyl (C=O) groups excluding carboxylic acids is 2. The van der Waals surface area contributed by atoms with Gasteiger partial charge in [0.05, 0.1) is 46.8 Å².